The molecule has 21 heavy (non-hydrogen) atoms. The maximum atomic E-state index is 6.75. The Labute approximate surface area is 129 Å². The monoisotopic (exact) mass is 284 g/mol. The van der Waals surface area contributed by atoms with Gasteiger partial charge >= 0.3 is 0 Å². The maximum Gasteiger partial charge on any atom is 0.0340 e. The summed E-state index contributed by atoms with van der Waals surface area (Å²) in [5.74, 6) is 15.0. The first-order valence-corrected chi connectivity index (χ1v) is 8.33. The van der Waals surface area contributed by atoms with Crippen LogP contribution in [0.1, 0.15) is 77.0 Å². The molecule has 0 spiro atoms. The molecule has 0 bridgehead atoms. The van der Waals surface area contributed by atoms with Gasteiger partial charge < -0.3 is 11.1 Å². The third-order valence-electron chi connectivity index (χ3n) is 4.19. The Morgan fingerprint density at radius 3 is 1.43 bits per heavy atom. The van der Waals surface area contributed by atoms with Crippen molar-refractivity contribution in [2.45, 2.75) is 77.0 Å². The van der Waals surface area contributed by atoms with Gasteiger partial charge in [-0.25, -0.2) is 0 Å². The lowest BCUT2D eigenvalue weighted by molar-refractivity contribution is 0.413. The van der Waals surface area contributed by atoms with Gasteiger partial charge in [-0.2, -0.15) is 0 Å². The first-order chi connectivity index (χ1) is 10.4. The molecule has 2 atom stereocenters. The van der Waals surface area contributed by atoms with Gasteiger partial charge in [0.2, 0.25) is 0 Å². The van der Waals surface area contributed by atoms with E-state index < -0.39 is 0 Å². The molecule has 0 saturated carbocycles. The lowest BCUT2D eigenvalue weighted by atomic mass is 9.85. The Kier molecular flexibility index (Phi) is 10.1. The van der Waals surface area contributed by atoms with Crippen molar-refractivity contribution in [2.24, 2.45) is 11.8 Å². The largest absolute Gasteiger partial charge is 0.373 e. The highest BCUT2D eigenvalue weighted by Crippen LogP contribution is 2.26. The van der Waals surface area contributed by atoms with Crippen molar-refractivity contribution < 1.29 is 0 Å². The second-order valence-corrected chi connectivity index (χ2v) is 5.85. The zero-order chi connectivity index (χ0) is 15.2. The van der Waals surface area contributed by atoms with Gasteiger partial charge in [-0.1, -0.05) is 50.4 Å². The lowest BCUT2D eigenvalue weighted by Gasteiger charge is -2.18. The van der Waals surface area contributed by atoms with E-state index in [2.05, 4.69) is 23.7 Å². The predicted octanol–water partition coefficient (Wildman–Crippen LogP) is 5.80. The summed E-state index contributed by atoms with van der Waals surface area (Å²) in [6, 6.07) is 0. The molecule has 2 rings (SSSR count). The van der Waals surface area contributed by atoms with Crippen LogP contribution in [0.25, 0.3) is 16.0 Å². The van der Waals surface area contributed by atoms with Crippen molar-refractivity contribution in [2.75, 3.05) is 0 Å². The van der Waals surface area contributed by atoms with E-state index in [-0.39, 0.29) is 0 Å². The van der Waals surface area contributed by atoms with Crippen LogP contribution in [0.2, 0.25) is 0 Å². The summed E-state index contributed by atoms with van der Waals surface area (Å²) < 4.78 is 0. The van der Waals surface area contributed by atoms with Gasteiger partial charge in [0, 0.05) is 24.7 Å². The van der Waals surface area contributed by atoms with Crippen LogP contribution in [-0.4, -0.2) is 0 Å². The molecular formula is C18H26N3-. The van der Waals surface area contributed by atoms with E-state index in [4.69, 9.17) is 11.1 Å². The zero-order valence-corrected chi connectivity index (χ0v) is 13.0. The number of rotatable bonds is 1. The Balaban J connectivity index is 0.000000677. The smallest absolute Gasteiger partial charge is 0.0340 e. The molecule has 0 aromatic carbocycles. The summed E-state index contributed by atoms with van der Waals surface area (Å²) >= 11 is 0. The first-order valence-electron chi connectivity index (χ1n) is 8.33. The Hall–Kier alpha value is -1.57. The van der Waals surface area contributed by atoms with Crippen LogP contribution >= 0.6 is 0 Å². The number of nitrogens with zero attached hydrogens (tertiary/aromatic N) is 3. The van der Waals surface area contributed by atoms with Gasteiger partial charge in [-0.05, 0) is 25.7 Å². The van der Waals surface area contributed by atoms with Crippen LogP contribution in [0.4, 0.5) is 0 Å². The van der Waals surface area contributed by atoms with Gasteiger partial charge in [-0.3, -0.25) is 4.91 Å². The molecule has 2 aliphatic rings. The van der Waals surface area contributed by atoms with E-state index in [1.807, 2.05) is 0 Å². The molecule has 0 N–H and O–H groups in total. The van der Waals surface area contributed by atoms with Crippen LogP contribution in [0.3, 0.4) is 0 Å². The molecule has 0 heterocycles. The maximum absolute atomic E-state index is 6.75. The van der Waals surface area contributed by atoms with E-state index in [1.165, 1.54) is 69.1 Å². The molecule has 0 fully saturated rings. The first kappa shape index (κ1) is 17.5. The van der Waals surface area contributed by atoms with Crippen LogP contribution in [0.15, 0.2) is 0 Å². The fourth-order valence-electron chi connectivity index (χ4n) is 3.02. The van der Waals surface area contributed by atoms with Crippen LogP contribution in [-0.2, 0) is 0 Å². The standard InChI is InChI=1S/C18H26.N3/c1-2-6-10-14-17(13-9-5-1)18-15-11-7-3-4-8-12-16-18;1-3-2/h17-18H,1-9,11,13,15H2;/q;-1. The minimum absolute atomic E-state index is 0.564. The van der Waals surface area contributed by atoms with Gasteiger partial charge in [0.15, 0.2) is 0 Å². The molecule has 0 radical (unpaired) electrons. The van der Waals surface area contributed by atoms with Crippen LogP contribution < -0.4 is 0 Å². The molecule has 2 aliphatic carbocycles. The van der Waals surface area contributed by atoms with Crippen molar-refractivity contribution in [3.63, 3.8) is 0 Å². The molecule has 3 nitrogen and oxygen atoms in total. The molecule has 0 aromatic rings. The highest BCUT2D eigenvalue weighted by atomic mass is 15.0. The van der Waals surface area contributed by atoms with E-state index in [0.717, 1.165) is 12.8 Å². The molecular weight excluding hydrogens is 258 g/mol. The normalized spacial score (nSPS) is 25.9. The Morgan fingerprint density at radius 2 is 1.00 bits per heavy atom. The quantitative estimate of drug-likeness (QED) is 0.253. The van der Waals surface area contributed by atoms with Crippen molar-refractivity contribution in [1.29, 1.82) is 0 Å². The third kappa shape index (κ3) is 8.34. The fourth-order valence-corrected chi connectivity index (χ4v) is 3.02. The van der Waals surface area contributed by atoms with E-state index in [9.17, 15) is 0 Å². The highest BCUT2D eigenvalue weighted by Gasteiger charge is 2.18. The predicted molar refractivity (Wildman–Crippen MR) is 88.0 cm³/mol. The molecule has 2 unspecified atom stereocenters. The SMILES string of the molecule is C1#CC(C2C#CCCCCCC2)CCCCCC1.[N-]=[N+]=[N-]. The topological polar surface area (TPSA) is 58.7 Å². The van der Waals surface area contributed by atoms with Crippen LogP contribution in [0, 0.1) is 35.5 Å². The highest BCUT2D eigenvalue weighted by molar-refractivity contribution is 5.14. The number of hydrogen-bond acceptors (Lipinski definition) is 0. The minimum Gasteiger partial charge on any atom is -0.373 e. The molecule has 0 aliphatic heterocycles. The van der Waals surface area contributed by atoms with E-state index >= 15 is 0 Å². The van der Waals surface area contributed by atoms with Gasteiger partial charge in [-0.15, -0.1) is 11.8 Å². The van der Waals surface area contributed by atoms with Gasteiger partial charge in [0.05, 0.1) is 0 Å². The van der Waals surface area contributed by atoms with Gasteiger partial charge in [0.1, 0.15) is 0 Å². The number of hydrogen-bond donors (Lipinski definition) is 0. The lowest BCUT2D eigenvalue weighted by Crippen LogP contribution is -2.12. The molecule has 0 saturated heterocycles. The van der Waals surface area contributed by atoms with Crippen molar-refractivity contribution in [3.05, 3.63) is 16.0 Å². The van der Waals surface area contributed by atoms with Crippen LogP contribution in [0.5, 0.6) is 0 Å². The summed E-state index contributed by atoms with van der Waals surface area (Å²) in [4.78, 5) is 1.50. The fraction of sp³-hybridized carbons (Fsp3) is 0.778. The molecule has 114 valence electrons. The average molecular weight is 284 g/mol. The summed E-state index contributed by atoms with van der Waals surface area (Å²) in [6.45, 7) is 0. The van der Waals surface area contributed by atoms with E-state index in [0.29, 0.717) is 11.8 Å². The van der Waals surface area contributed by atoms with E-state index in [1.54, 1.807) is 0 Å². The second-order valence-electron chi connectivity index (χ2n) is 5.85. The summed E-state index contributed by atoms with van der Waals surface area (Å²) in [5, 5.41) is 0. The summed E-state index contributed by atoms with van der Waals surface area (Å²) in [5.41, 5.74) is 13.5. The summed E-state index contributed by atoms with van der Waals surface area (Å²) in [6.07, 6.45) is 15.6. The molecule has 0 aromatic heterocycles. The van der Waals surface area contributed by atoms with Crippen molar-refractivity contribution in [1.82, 2.24) is 0 Å². The Morgan fingerprint density at radius 1 is 0.619 bits per heavy atom. The summed E-state index contributed by atoms with van der Waals surface area (Å²) in [7, 11) is 0. The molecule has 3 heteroatoms. The third-order valence-corrected chi connectivity index (χ3v) is 4.19. The average Bonchev–Trinajstić information content (AvgIpc) is 2.70. The zero-order valence-electron chi connectivity index (χ0n) is 13.0. The molecule has 0 amide bonds. The van der Waals surface area contributed by atoms with Crippen molar-refractivity contribution in [3.8, 4) is 23.7 Å². The minimum atomic E-state index is 0.564. The Bertz CT molecular complexity index is 391. The van der Waals surface area contributed by atoms with Crippen molar-refractivity contribution >= 4 is 0 Å². The van der Waals surface area contributed by atoms with Gasteiger partial charge in [0.25, 0.3) is 0 Å². The second kappa shape index (κ2) is 12.2.